The molecule has 0 aromatic heterocycles. The molecule has 26 heavy (non-hydrogen) atoms. The third-order valence-corrected chi connectivity index (χ3v) is 9.50. The van der Waals surface area contributed by atoms with Crippen LogP contribution in [-0.4, -0.2) is 27.6 Å². The summed E-state index contributed by atoms with van der Waals surface area (Å²) in [5.74, 6) is 0. The van der Waals surface area contributed by atoms with Crippen LogP contribution in [0.2, 0.25) is 0 Å². The van der Waals surface area contributed by atoms with E-state index in [9.17, 15) is 12.6 Å². The first-order valence-corrected chi connectivity index (χ1v) is 11.4. The molecule has 3 rings (SSSR count). The first-order valence-electron chi connectivity index (χ1n) is 8.68. The molecule has 0 saturated carbocycles. The Labute approximate surface area is 158 Å². The summed E-state index contributed by atoms with van der Waals surface area (Å²) in [5.41, 5.74) is 0.609. The molecule has 2 aromatic carbocycles. The first-order chi connectivity index (χ1) is 12.2. The van der Waals surface area contributed by atoms with E-state index in [4.69, 9.17) is 0 Å². The molecule has 4 nitrogen and oxygen atoms in total. The lowest BCUT2D eigenvalue weighted by Crippen LogP contribution is -2.69. The minimum Gasteiger partial charge on any atom is -0.253 e. The van der Waals surface area contributed by atoms with Crippen LogP contribution in [0.5, 0.6) is 0 Å². The zero-order valence-electron chi connectivity index (χ0n) is 15.5. The van der Waals surface area contributed by atoms with E-state index >= 15 is 0 Å². The summed E-state index contributed by atoms with van der Waals surface area (Å²) in [7, 11) is -5.27. The minimum absolute atomic E-state index is 0.297. The molecule has 6 heteroatoms. The summed E-state index contributed by atoms with van der Waals surface area (Å²) in [6, 6.07) is 17.8. The topological polar surface area (TPSA) is 54.5 Å². The molecule has 0 aliphatic carbocycles. The van der Waals surface area contributed by atoms with Gasteiger partial charge >= 0.3 is 0 Å². The highest BCUT2D eigenvalue weighted by Crippen LogP contribution is 2.48. The van der Waals surface area contributed by atoms with E-state index < -0.39 is 25.4 Å². The van der Waals surface area contributed by atoms with Gasteiger partial charge in [-0.2, -0.15) is 4.31 Å². The number of sulfonamides is 1. The van der Waals surface area contributed by atoms with Gasteiger partial charge in [0.15, 0.2) is 4.58 Å². The highest BCUT2D eigenvalue weighted by atomic mass is 32.3. The SMILES string of the molecule is C[C@@H](c1ccccc1)N1[C@H](C(C)(C)C)[C@@H]([S@@](=O)c2ccccc2)S1(=O)=O. The number of nitrogens with zero attached hydrogens (tertiary/aromatic N) is 1. The summed E-state index contributed by atoms with van der Waals surface area (Å²) >= 11 is 0. The van der Waals surface area contributed by atoms with E-state index in [1.807, 2.05) is 64.1 Å². The fourth-order valence-corrected chi connectivity index (χ4v) is 8.83. The maximum absolute atomic E-state index is 13.2. The maximum atomic E-state index is 13.2. The molecule has 0 amide bonds. The molecule has 2 aromatic rings. The van der Waals surface area contributed by atoms with E-state index in [2.05, 4.69) is 0 Å². The maximum Gasteiger partial charge on any atom is 0.231 e. The molecule has 0 unspecified atom stereocenters. The number of benzene rings is 2. The van der Waals surface area contributed by atoms with Gasteiger partial charge in [0.2, 0.25) is 10.0 Å². The standard InChI is InChI=1S/C20H25NO3S2/c1-15(16-11-7-5-8-12-16)21-18(20(2,3)4)19(26(21,23)24)25(22)17-13-9-6-10-14-17/h5-15,18-19H,1-4H3/t15-,18-,19-,25-/m0/s1. The Hall–Kier alpha value is -1.50. The zero-order valence-corrected chi connectivity index (χ0v) is 17.1. The van der Waals surface area contributed by atoms with Gasteiger partial charge in [0, 0.05) is 10.9 Å². The molecule has 1 aliphatic heterocycles. The Balaban J connectivity index is 2.01. The van der Waals surface area contributed by atoms with Crippen LogP contribution in [0.1, 0.15) is 39.3 Å². The Bertz CT molecular complexity index is 890. The largest absolute Gasteiger partial charge is 0.253 e. The number of hydrogen-bond acceptors (Lipinski definition) is 3. The quantitative estimate of drug-likeness (QED) is 0.793. The van der Waals surface area contributed by atoms with Crippen molar-refractivity contribution in [3.63, 3.8) is 0 Å². The Kier molecular flexibility index (Phi) is 5.12. The van der Waals surface area contributed by atoms with Gasteiger partial charge in [-0.15, -0.1) is 0 Å². The zero-order chi connectivity index (χ0) is 19.1. The third kappa shape index (κ3) is 3.26. The lowest BCUT2D eigenvalue weighted by molar-refractivity contribution is 0.120. The van der Waals surface area contributed by atoms with E-state index in [1.165, 1.54) is 0 Å². The molecular formula is C20H25NO3S2. The van der Waals surface area contributed by atoms with Crippen molar-refractivity contribution >= 4 is 20.8 Å². The molecule has 0 radical (unpaired) electrons. The van der Waals surface area contributed by atoms with Gasteiger partial charge in [-0.25, -0.2) is 8.42 Å². The van der Waals surface area contributed by atoms with Crippen molar-refractivity contribution < 1.29 is 12.6 Å². The van der Waals surface area contributed by atoms with Crippen LogP contribution in [0.3, 0.4) is 0 Å². The van der Waals surface area contributed by atoms with Gasteiger partial charge in [-0.1, -0.05) is 69.3 Å². The Morgan fingerprint density at radius 3 is 1.96 bits per heavy atom. The monoisotopic (exact) mass is 391 g/mol. The van der Waals surface area contributed by atoms with Crippen molar-refractivity contribution in [3.8, 4) is 0 Å². The summed E-state index contributed by atoms with van der Waals surface area (Å²) in [6.07, 6.45) is 0. The van der Waals surface area contributed by atoms with E-state index in [-0.39, 0.29) is 17.5 Å². The highest BCUT2D eigenvalue weighted by Gasteiger charge is 2.62. The van der Waals surface area contributed by atoms with Crippen LogP contribution in [0, 0.1) is 5.41 Å². The Morgan fingerprint density at radius 2 is 1.46 bits per heavy atom. The molecule has 1 aliphatic rings. The van der Waals surface area contributed by atoms with Crippen LogP contribution in [-0.2, 0) is 20.8 Å². The summed E-state index contributed by atoms with van der Waals surface area (Å²) < 4.78 is 40.1. The van der Waals surface area contributed by atoms with Crippen LogP contribution in [0.4, 0.5) is 0 Å². The van der Waals surface area contributed by atoms with Crippen molar-refractivity contribution in [2.24, 2.45) is 5.41 Å². The summed E-state index contributed by atoms with van der Waals surface area (Å²) in [5, 5.41) is 0. The van der Waals surface area contributed by atoms with Gasteiger partial charge in [-0.3, -0.25) is 4.21 Å². The van der Waals surface area contributed by atoms with Crippen LogP contribution in [0.25, 0.3) is 0 Å². The van der Waals surface area contributed by atoms with Crippen molar-refractivity contribution in [2.45, 2.75) is 49.3 Å². The average molecular weight is 392 g/mol. The van der Waals surface area contributed by atoms with Crippen molar-refractivity contribution in [1.29, 1.82) is 0 Å². The normalized spacial score (nSPS) is 25.2. The average Bonchev–Trinajstić information content (AvgIpc) is 2.60. The van der Waals surface area contributed by atoms with E-state index in [0.29, 0.717) is 4.90 Å². The number of hydrogen-bond donors (Lipinski definition) is 0. The fourth-order valence-electron chi connectivity index (χ4n) is 3.55. The molecule has 0 spiro atoms. The lowest BCUT2D eigenvalue weighted by Gasteiger charge is -2.54. The van der Waals surface area contributed by atoms with Crippen LogP contribution >= 0.6 is 0 Å². The van der Waals surface area contributed by atoms with Gasteiger partial charge in [-0.05, 0) is 30.0 Å². The second-order valence-corrected chi connectivity index (χ2v) is 11.6. The fraction of sp³-hybridized carbons (Fsp3) is 0.400. The first kappa shape index (κ1) is 19.3. The molecule has 0 bridgehead atoms. The molecule has 0 N–H and O–H groups in total. The van der Waals surface area contributed by atoms with Gasteiger partial charge < -0.3 is 0 Å². The van der Waals surface area contributed by atoms with Gasteiger partial charge in [0.1, 0.15) is 0 Å². The third-order valence-electron chi connectivity index (χ3n) is 4.86. The molecule has 140 valence electrons. The van der Waals surface area contributed by atoms with Crippen LogP contribution in [0.15, 0.2) is 65.6 Å². The lowest BCUT2D eigenvalue weighted by atomic mass is 9.86. The van der Waals surface area contributed by atoms with E-state index in [1.54, 1.807) is 28.6 Å². The Morgan fingerprint density at radius 1 is 0.962 bits per heavy atom. The van der Waals surface area contributed by atoms with E-state index in [0.717, 1.165) is 5.56 Å². The molecule has 1 saturated heterocycles. The molecule has 1 fully saturated rings. The van der Waals surface area contributed by atoms with Gasteiger partial charge in [0.05, 0.1) is 16.8 Å². The van der Waals surface area contributed by atoms with Gasteiger partial charge in [0.25, 0.3) is 0 Å². The summed E-state index contributed by atoms with van der Waals surface area (Å²) in [6.45, 7) is 7.91. The molecular weight excluding hydrogens is 366 g/mol. The molecule has 4 atom stereocenters. The second-order valence-electron chi connectivity index (χ2n) is 7.75. The predicted octanol–water partition coefficient (Wildman–Crippen LogP) is 3.94. The number of rotatable bonds is 4. The smallest absolute Gasteiger partial charge is 0.231 e. The minimum atomic E-state index is -3.66. The highest BCUT2D eigenvalue weighted by molar-refractivity contribution is 8.06. The predicted molar refractivity (Wildman–Crippen MR) is 105 cm³/mol. The van der Waals surface area contributed by atoms with Crippen molar-refractivity contribution in [3.05, 3.63) is 66.2 Å². The van der Waals surface area contributed by atoms with Crippen molar-refractivity contribution in [2.75, 3.05) is 0 Å². The van der Waals surface area contributed by atoms with Crippen LogP contribution < -0.4 is 0 Å². The second kappa shape index (κ2) is 6.91. The molecule has 1 heterocycles. The van der Waals surface area contributed by atoms with Crippen molar-refractivity contribution in [1.82, 2.24) is 4.31 Å². The summed E-state index contributed by atoms with van der Waals surface area (Å²) in [4.78, 5) is 0.558.